The first-order valence-corrected chi connectivity index (χ1v) is 7.83. The Morgan fingerprint density at radius 3 is 2.74 bits per heavy atom. The van der Waals surface area contributed by atoms with Gasteiger partial charge in [-0.05, 0) is 17.7 Å². The number of carbonyl (C=O) groups is 1. The van der Waals surface area contributed by atoms with Gasteiger partial charge in [-0.25, -0.2) is 0 Å². The Balaban J connectivity index is 1.45. The number of aliphatic hydroxyl groups excluding tert-OH is 1. The van der Waals surface area contributed by atoms with Gasteiger partial charge in [0.25, 0.3) is 0 Å². The van der Waals surface area contributed by atoms with Gasteiger partial charge in [0.05, 0.1) is 13.2 Å². The normalized spacial score (nSPS) is 17.5. The first-order chi connectivity index (χ1) is 11.3. The van der Waals surface area contributed by atoms with E-state index in [1.165, 1.54) is 5.56 Å². The third-order valence-electron chi connectivity index (χ3n) is 4.03. The fraction of sp³-hybridized carbons (Fsp3) is 0.562. The van der Waals surface area contributed by atoms with Gasteiger partial charge in [0, 0.05) is 32.7 Å². The zero-order chi connectivity index (χ0) is 16.1. The van der Waals surface area contributed by atoms with Crippen molar-refractivity contribution in [3.8, 4) is 11.5 Å². The fourth-order valence-electron chi connectivity index (χ4n) is 2.77. The second-order valence-electron chi connectivity index (χ2n) is 5.62. The van der Waals surface area contributed by atoms with Gasteiger partial charge in [-0.15, -0.1) is 0 Å². The summed E-state index contributed by atoms with van der Waals surface area (Å²) >= 11 is 0. The molecule has 3 rings (SSSR count). The number of benzene rings is 1. The molecule has 0 radical (unpaired) electrons. The topological polar surface area (TPSA) is 71.5 Å². The molecule has 2 aliphatic rings. The van der Waals surface area contributed by atoms with Crippen molar-refractivity contribution in [1.29, 1.82) is 0 Å². The standard InChI is InChI=1S/C16H22N2O5/c19-7-8-21-11-16(20)18-5-3-17(4-6-18)10-13-1-2-14-15(9-13)23-12-22-14/h1-2,9,19H,3-8,10-12H2. The van der Waals surface area contributed by atoms with E-state index in [2.05, 4.69) is 4.90 Å². The van der Waals surface area contributed by atoms with Crippen LogP contribution in [0.25, 0.3) is 0 Å². The van der Waals surface area contributed by atoms with Crippen LogP contribution in [0.3, 0.4) is 0 Å². The number of fused-ring (bicyclic) bond motifs is 1. The molecule has 1 N–H and O–H groups in total. The summed E-state index contributed by atoms with van der Waals surface area (Å²) in [5.41, 5.74) is 1.18. The first kappa shape index (κ1) is 16.0. The zero-order valence-electron chi connectivity index (χ0n) is 13.1. The average Bonchev–Trinajstić information content (AvgIpc) is 3.03. The van der Waals surface area contributed by atoms with Crippen LogP contribution in [0.2, 0.25) is 0 Å². The predicted molar refractivity (Wildman–Crippen MR) is 82.3 cm³/mol. The summed E-state index contributed by atoms with van der Waals surface area (Å²) in [5, 5.41) is 8.65. The summed E-state index contributed by atoms with van der Waals surface area (Å²) in [6.45, 7) is 4.38. The average molecular weight is 322 g/mol. The number of hydrogen-bond donors (Lipinski definition) is 1. The number of aliphatic hydroxyl groups is 1. The molecule has 0 bridgehead atoms. The summed E-state index contributed by atoms with van der Waals surface area (Å²) in [6, 6.07) is 6.01. The van der Waals surface area contributed by atoms with Crippen molar-refractivity contribution < 1.29 is 24.1 Å². The van der Waals surface area contributed by atoms with E-state index in [1.54, 1.807) is 0 Å². The quantitative estimate of drug-likeness (QED) is 0.747. The van der Waals surface area contributed by atoms with Gasteiger partial charge in [-0.2, -0.15) is 0 Å². The SMILES string of the molecule is O=C(COCCO)N1CCN(Cc2ccc3c(c2)OCO3)CC1. The summed E-state index contributed by atoms with van der Waals surface area (Å²) in [5.74, 6) is 1.59. The molecule has 1 aromatic carbocycles. The summed E-state index contributed by atoms with van der Waals surface area (Å²) in [6.07, 6.45) is 0. The second kappa shape index (κ2) is 7.63. The number of piperazine rings is 1. The molecule has 1 amide bonds. The molecule has 0 saturated carbocycles. The lowest BCUT2D eigenvalue weighted by molar-refractivity contribution is -0.138. The van der Waals surface area contributed by atoms with Gasteiger partial charge in [-0.1, -0.05) is 6.07 Å². The van der Waals surface area contributed by atoms with Crippen LogP contribution in [0.1, 0.15) is 5.56 Å². The van der Waals surface area contributed by atoms with Crippen LogP contribution in [0, 0.1) is 0 Å². The molecule has 0 unspecified atom stereocenters. The number of ether oxygens (including phenoxy) is 3. The van der Waals surface area contributed by atoms with Crippen LogP contribution in [-0.4, -0.2) is 73.6 Å². The third-order valence-corrected chi connectivity index (χ3v) is 4.03. The highest BCUT2D eigenvalue weighted by Gasteiger charge is 2.21. The zero-order valence-corrected chi connectivity index (χ0v) is 13.1. The number of nitrogens with zero attached hydrogens (tertiary/aromatic N) is 2. The highest BCUT2D eigenvalue weighted by molar-refractivity contribution is 5.77. The molecular weight excluding hydrogens is 300 g/mol. The highest BCUT2D eigenvalue weighted by atomic mass is 16.7. The van der Waals surface area contributed by atoms with Crippen molar-refractivity contribution in [2.75, 3.05) is 52.8 Å². The first-order valence-electron chi connectivity index (χ1n) is 7.83. The molecule has 0 aromatic heterocycles. The number of amides is 1. The molecule has 1 saturated heterocycles. The minimum Gasteiger partial charge on any atom is -0.454 e. The summed E-state index contributed by atoms with van der Waals surface area (Å²) < 4.78 is 15.8. The van der Waals surface area contributed by atoms with Crippen molar-refractivity contribution in [2.24, 2.45) is 0 Å². The highest BCUT2D eigenvalue weighted by Crippen LogP contribution is 2.32. The Morgan fingerprint density at radius 2 is 1.96 bits per heavy atom. The molecule has 126 valence electrons. The lowest BCUT2D eigenvalue weighted by atomic mass is 10.1. The van der Waals surface area contributed by atoms with Crippen molar-refractivity contribution in [2.45, 2.75) is 6.54 Å². The lowest BCUT2D eigenvalue weighted by Crippen LogP contribution is -2.49. The van der Waals surface area contributed by atoms with Crippen LogP contribution in [0.15, 0.2) is 18.2 Å². The van der Waals surface area contributed by atoms with E-state index in [1.807, 2.05) is 23.1 Å². The summed E-state index contributed by atoms with van der Waals surface area (Å²) in [7, 11) is 0. The maximum atomic E-state index is 11.9. The van der Waals surface area contributed by atoms with E-state index in [0.717, 1.165) is 31.1 Å². The van der Waals surface area contributed by atoms with E-state index >= 15 is 0 Å². The monoisotopic (exact) mass is 322 g/mol. The third kappa shape index (κ3) is 4.13. The Hall–Kier alpha value is -1.83. The molecule has 0 atom stereocenters. The van der Waals surface area contributed by atoms with E-state index in [4.69, 9.17) is 19.3 Å². The van der Waals surface area contributed by atoms with E-state index in [-0.39, 0.29) is 32.5 Å². The molecule has 2 heterocycles. The van der Waals surface area contributed by atoms with Gasteiger partial charge in [-0.3, -0.25) is 9.69 Å². The lowest BCUT2D eigenvalue weighted by Gasteiger charge is -2.34. The Kier molecular flexibility index (Phi) is 5.32. The Labute approximate surface area is 135 Å². The number of hydrogen-bond acceptors (Lipinski definition) is 6. The molecule has 0 spiro atoms. The minimum atomic E-state index is -0.0589. The smallest absolute Gasteiger partial charge is 0.248 e. The molecule has 1 aromatic rings. The number of carbonyl (C=O) groups excluding carboxylic acids is 1. The van der Waals surface area contributed by atoms with Crippen LogP contribution in [0.4, 0.5) is 0 Å². The number of rotatable bonds is 6. The van der Waals surface area contributed by atoms with Crippen LogP contribution in [0.5, 0.6) is 11.5 Å². The van der Waals surface area contributed by atoms with Crippen molar-refractivity contribution in [3.63, 3.8) is 0 Å². The summed E-state index contributed by atoms with van der Waals surface area (Å²) in [4.78, 5) is 16.1. The fourth-order valence-corrected chi connectivity index (χ4v) is 2.77. The van der Waals surface area contributed by atoms with Gasteiger partial charge >= 0.3 is 0 Å². The van der Waals surface area contributed by atoms with E-state index in [9.17, 15) is 4.79 Å². The van der Waals surface area contributed by atoms with Gasteiger partial charge in [0.1, 0.15) is 6.61 Å². The van der Waals surface area contributed by atoms with Gasteiger partial charge < -0.3 is 24.2 Å². The Morgan fingerprint density at radius 1 is 1.17 bits per heavy atom. The van der Waals surface area contributed by atoms with Crippen molar-refractivity contribution >= 4 is 5.91 Å². The van der Waals surface area contributed by atoms with Crippen molar-refractivity contribution in [3.05, 3.63) is 23.8 Å². The molecule has 23 heavy (non-hydrogen) atoms. The van der Waals surface area contributed by atoms with Gasteiger partial charge in [0.15, 0.2) is 11.5 Å². The molecule has 1 fully saturated rings. The molecule has 2 aliphatic heterocycles. The Bertz CT molecular complexity index is 543. The maximum Gasteiger partial charge on any atom is 0.248 e. The maximum absolute atomic E-state index is 11.9. The van der Waals surface area contributed by atoms with Crippen LogP contribution in [-0.2, 0) is 16.1 Å². The molecule has 7 nitrogen and oxygen atoms in total. The molecule has 0 aliphatic carbocycles. The van der Waals surface area contributed by atoms with Crippen molar-refractivity contribution in [1.82, 2.24) is 9.80 Å². The molecule has 7 heteroatoms. The second-order valence-corrected chi connectivity index (χ2v) is 5.62. The largest absolute Gasteiger partial charge is 0.454 e. The van der Waals surface area contributed by atoms with E-state index < -0.39 is 0 Å². The minimum absolute atomic E-state index is 0.0128. The van der Waals surface area contributed by atoms with Crippen LogP contribution >= 0.6 is 0 Å². The van der Waals surface area contributed by atoms with Crippen LogP contribution < -0.4 is 9.47 Å². The van der Waals surface area contributed by atoms with E-state index in [0.29, 0.717) is 13.1 Å². The van der Waals surface area contributed by atoms with Gasteiger partial charge in [0.2, 0.25) is 12.7 Å². The molecular formula is C16H22N2O5. The predicted octanol–water partition coefficient (Wildman–Crippen LogP) is 0.0684.